The van der Waals surface area contributed by atoms with Crippen molar-refractivity contribution >= 4 is 30.1 Å². The van der Waals surface area contributed by atoms with Gasteiger partial charge in [0.1, 0.15) is 0 Å². The highest BCUT2D eigenvalue weighted by atomic mass is 35.5. The molecule has 2 aromatic rings. The number of benzene rings is 2. The number of rotatable bonds is 8. The van der Waals surface area contributed by atoms with E-state index in [0.29, 0.717) is 17.7 Å². The van der Waals surface area contributed by atoms with Crippen LogP contribution >= 0.6 is 12.4 Å². The zero-order valence-electron chi connectivity index (χ0n) is 16.4. The first-order chi connectivity index (χ1) is 13.5. The van der Waals surface area contributed by atoms with Crippen molar-refractivity contribution in [2.24, 2.45) is 5.73 Å². The number of carbonyl (C=O) groups excluding carboxylic acids is 3. The third-order valence-corrected chi connectivity index (χ3v) is 4.94. The predicted molar refractivity (Wildman–Crippen MR) is 114 cm³/mol. The molecule has 3 amide bonds. The second kappa shape index (κ2) is 10.2. The lowest BCUT2D eigenvalue weighted by Crippen LogP contribution is -2.40. The molecule has 0 bridgehead atoms. The zero-order valence-corrected chi connectivity index (χ0v) is 17.2. The minimum Gasteiger partial charge on any atom is -0.348 e. The maximum absolute atomic E-state index is 12.8. The van der Waals surface area contributed by atoms with Gasteiger partial charge in [0.25, 0.3) is 17.7 Å². The number of hydrogen-bond donors (Lipinski definition) is 2. The number of nitrogens with zero attached hydrogens (tertiary/aromatic N) is 1. The van der Waals surface area contributed by atoms with E-state index in [2.05, 4.69) is 12.2 Å². The van der Waals surface area contributed by atoms with Crippen LogP contribution in [0.5, 0.6) is 0 Å². The van der Waals surface area contributed by atoms with E-state index in [9.17, 15) is 14.4 Å². The molecule has 0 radical (unpaired) electrons. The summed E-state index contributed by atoms with van der Waals surface area (Å²) in [7, 11) is 0. The van der Waals surface area contributed by atoms with E-state index in [4.69, 9.17) is 5.73 Å². The van der Waals surface area contributed by atoms with Gasteiger partial charge in [0.15, 0.2) is 0 Å². The van der Waals surface area contributed by atoms with Crippen molar-refractivity contribution in [3.05, 3.63) is 70.8 Å². The highest BCUT2D eigenvalue weighted by molar-refractivity contribution is 6.22. The molecule has 154 valence electrons. The molecule has 0 saturated carbocycles. The van der Waals surface area contributed by atoms with E-state index < -0.39 is 0 Å². The summed E-state index contributed by atoms with van der Waals surface area (Å²) in [5.41, 5.74) is 7.57. The van der Waals surface area contributed by atoms with Gasteiger partial charge in [0.2, 0.25) is 0 Å². The first-order valence-corrected chi connectivity index (χ1v) is 9.60. The summed E-state index contributed by atoms with van der Waals surface area (Å²) in [6.07, 6.45) is 2.82. The Bertz CT molecular complexity index is 886. The van der Waals surface area contributed by atoms with Gasteiger partial charge in [-0.1, -0.05) is 50.1 Å². The van der Waals surface area contributed by atoms with Crippen LogP contribution in [-0.2, 0) is 6.54 Å². The number of nitrogens with one attached hydrogen (secondary N) is 1. The number of imide groups is 1. The smallest absolute Gasteiger partial charge is 0.261 e. The Morgan fingerprint density at radius 3 is 2.41 bits per heavy atom. The lowest BCUT2D eigenvalue weighted by atomic mass is 10.0. The number of fused-ring (bicyclic) bond motifs is 1. The maximum Gasteiger partial charge on any atom is 0.261 e. The number of amides is 3. The van der Waals surface area contributed by atoms with Crippen LogP contribution in [-0.4, -0.2) is 35.2 Å². The van der Waals surface area contributed by atoms with Crippen molar-refractivity contribution in [3.63, 3.8) is 0 Å². The number of unbranched alkanes of at least 4 members (excludes halogenated alkanes) is 1. The van der Waals surface area contributed by atoms with Crippen LogP contribution in [0.4, 0.5) is 0 Å². The van der Waals surface area contributed by atoms with Crippen LogP contribution in [0.25, 0.3) is 0 Å². The molecular formula is C22H26ClN3O3. The highest BCUT2D eigenvalue weighted by Crippen LogP contribution is 2.25. The Morgan fingerprint density at radius 1 is 1.07 bits per heavy atom. The maximum atomic E-state index is 12.8. The van der Waals surface area contributed by atoms with Crippen molar-refractivity contribution in [1.29, 1.82) is 0 Å². The minimum absolute atomic E-state index is 0. The summed E-state index contributed by atoms with van der Waals surface area (Å²) in [4.78, 5) is 39.2. The fourth-order valence-electron chi connectivity index (χ4n) is 3.31. The van der Waals surface area contributed by atoms with Gasteiger partial charge in [-0.05, 0) is 30.2 Å². The monoisotopic (exact) mass is 415 g/mol. The van der Waals surface area contributed by atoms with Gasteiger partial charge in [0.05, 0.1) is 17.7 Å². The SMILES string of the molecule is CCCCC(CN)NC(=O)c1ccc2c(c1)C(=O)N(Cc1ccccc1)C2=O.Cl. The van der Waals surface area contributed by atoms with Crippen LogP contribution < -0.4 is 11.1 Å². The average molecular weight is 416 g/mol. The third kappa shape index (κ3) is 5.02. The fourth-order valence-corrected chi connectivity index (χ4v) is 3.31. The molecular weight excluding hydrogens is 390 g/mol. The van der Waals surface area contributed by atoms with Crippen molar-refractivity contribution < 1.29 is 14.4 Å². The number of halogens is 1. The lowest BCUT2D eigenvalue weighted by molar-refractivity contribution is 0.0642. The highest BCUT2D eigenvalue weighted by Gasteiger charge is 2.36. The van der Waals surface area contributed by atoms with Crippen molar-refractivity contribution in [2.45, 2.75) is 38.8 Å². The number of nitrogens with two attached hydrogens (primary N) is 1. The number of carbonyl (C=O) groups is 3. The molecule has 0 aromatic heterocycles. The van der Waals surface area contributed by atoms with Gasteiger partial charge in [-0.3, -0.25) is 19.3 Å². The summed E-state index contributed by atoms with van der Waals surface area (Å²) in [5, 5.41) is 2.91. The molecule has 3 rings (SSSR count). The molecule has 0 saturated heterocycles. The van der Waals surface area contributed by atoms with Gasteiger partial charge < -0.3 is 11.1 Å². The van der Waals surface area contributed by atoms with Crippen LogP contribution in [0, 0.1) is 0 Å². The van der Waals surface area contributed by atoms with Crippen molar-refractivity contribution in [1.82, 2.24) is 10.2 Å². The second-order valence-electron chi connectivity index (χ2n) is 6.99. The molecule has 0 aliphatic carbocycles. The standard InChI is InChI=1S/C22H25N3O3.ClH/c1-2-3-9-17(13-23)24-20(26)16-10-11-18-19(12-16)22(28)25(21(18)27)14-15-7-5-4-6-8-15;/h4-8,10-12,17H,2-3,9,13-14,23H2,1H3,(H,24,26);1H. The van der Waals surface area contributed by atoms with Gasteiger partial charge >= 0.3 is 0 Å². The summed E-state index contributed by atoms with van der Waals surface area (Å²) >= 11 is 0. The van der Waals surface area contributed by atoms with E-state index in [0.717, 1.165) is 24.8 Å². The van der Waals surface area contributed by atoms with Crippen LogP contribution in [0.15, 0.2) is 48.5 Å². The minimum atomic E-state index is -0.375. The van der Waals surface area contributed by atoms with E-state index in [1.54, 1.807) is 12.1 Å². The summed E-state index contributed by atoms with van der Waals surface area (Å²) < 4.78 is 0. The van der Waals surface area contributed by atoms with E-state index in [1.807, 2.05) is 30.3 Å². The Hall–Kier alpha value is -2.70. The molecule has 29 heavy (non-hydrogen) atoms. The van der Waals surface area contributed by atoms with Gasteiger partial charge in [-0.2, -0.15) is 0 Å². The van der Waals surface area contributed by atoms with Gasteiger partial charge in [0, 0.05) is 18.2 Å². The van der Waals surface area contributed by atoms with Gasteiger partial charge in [-0.15, -0.1) is 12.4 Å². The molecule has 1 atom stereocenters. The normalized spacial score (nSPS) is 13.7. The topological polar surface area (TPSA) is 92.5 Å². The quantitative estimate of drug-likeness (QED) is 0.648. The summed E-state index contributed by atoms with van der Waals surface area (Å²) in [6, 6.07) is 13.9. The van der Waals surface area contributed by atoms with E-state index in [1.165, 1.54) is 11.0 Å². The van der Waals surface area contributed by atoms with E-state index in [-0.39, 0.29) is 48.3 Å². The average Bonchev–Trinajstić information content (AvgIpc) is 2.96. The number of hydrogen-bond acceptors (Lipinski definition) is 4. The Kier molecular flexibility index (Phi) is 7.93. The molecule has 1 unspecified atom stereocenters. The molecule has 2 aromatic carbocycles. The van der Waals surface area contributed by atoms with Crippen molar-refractivity contribution in [3.8, 4) is 0 Å². The molecule has 0 fully saturated rings. The molecule has 0 spiro atoms. The van der Waals surface area contributed by atoms with Crippen LogP contribution in [0.1, 0.15) is 62.8 Å². The molecule has 7 heteroatoms. The fraction of sp³-hybridized carbons (Fsp3) is 0.318. The third-order valence-electron chi connectivity index (χ3n) is 4.94. The largest absolute Gasteiger partial charge is 0.348 e. The lowest BCUT2D eigenvalue weighted by Gasteiger charge is -2.16. The van der Waals surface area contributed by atoms with Crippen LogP contribution in [0.3, 0.4) is 0 Å². The predicted octanol–water partition coefficient (Wildman–Crippen LogP) is 3.15. The van der Waals surface area contributed by atoms with Gasteiger partial charge in [-0.25, -0.2) is 0 Å². The first kappa shape index (κ1) is 22.6. The molecule has 6 nitrogen and oxygen atoms in total. The molecule has 3 N–H and O–H groups in total. The van der Waals surface area contributed by atoms with Crippen molar-refractivity contribution in [2.75, 3.05) is 6.54 Å². The van der Waals surface area contributed by atoms with E-state index >= 15 is 0 Å². The molecule has 1 aliphatic heterocycles. The van der Waals surface area contributed by atoms with Crippen LogP contribution in [0.2, 0.25) is 0 Å². The summed E-state index contributed by atoms with van der Waals surface area (Å²) in [5.74, 6) is -0.991. The Morgan fingerprint density at radius 2 is 1.76 bits per heavy atom. The molecule has 1 aliphatic rings. The first-order valence-electron chi connectivity index (χ1n) is 9.60. The second-order valence-corrected chi connectivity index (χ2v) is 6.99. The Labute approximate surface area is 176 Å². The summed E-state index contributed by atoms with van der Waals surface area (Å²) in [6.45, 7) is 2.65. The molecule has 1 heterocycles. The zero-order chi connectivity index (χ0) is 20.1. The Balaban J connectivity index is 0.00000300.